The highest BCUT2D eigenvalue weighted by atomic mass is 35.5. The molecule has 0 unspecified atom stereocenters. The molecule has 2 aromatic carbocycles. The minimum absolute atomic E-state index is 0.221. The molecular formula is C22H16ClN3O4. The van der Waals surface area contributed by atoms with Crippen LogP contribution >= 0.6 is 11.6 Å². The largest absolute Gasteiger partial charge is 0.465 e. The summed E-state index contributed by atoms with van der Waals surface area (Å²) in [6, 6.07) is 17.3. The number of pyridine rings is 1. The first-order valence-corrected chi connectivity index (χ1v) is 9.49. The third-order valence-electron chi connectivity index (χ3n) is 4.74. The molecule has 1 amide bonds. The molecule has 4 aromatic rings. The zero-order valence-electron chi connectivity index (χ0n) is 15.6. The first-order chi connectivity index (χ1) is 14.5. The van der Waals surface area contributed by atoms with Gasteiger partial charge in [0.2, 0.25) is 0 Å². The van der Waals surface area contributed by atoms with E-state index in [-0.39, 0.29) is 11.1 Å². The van der Waals surface area contributed by atoms with Crippen LogP contribution in [0.4, 0.5) is 4.79 Å². The lowest BCUT2D eigenvalue weighted by molar-refractivity contribution is 0.108. The monoisotopic (exact) mass is 421 g/mol. The number of carbonyl (C=O) groups is 2. The van der Waals surface area contributed by atoms with E-state index in [1.165, 1.54) is 0 Å². The highest BCUT2D eigenvalue weighted by Gasteiger charge is 2.23. The molecule has 2 N–H and O–H groups in total. The molecule has 0 saturated heterocycles. The van der Waals surface area contributed by atoms with E-state index >= 15 is 0 Å². The van der Waals surface area contributed by atoms with Crippen LogP contribution in [0.25, 0.3) is 22.2 Å². The summed E-state index contributed by atoms with van der Waals surface area (Å²) in [5.74, 6) is 0. The number of para-hydroxylation sites is 1. The number of benzene rings is 2. The number of fused-ring (bicyclic) bond motifs is 1. The summed E-state index contributed by atoms with van der Waals surface area (Å²) in [6.07, 6.45) is 0.867. The summed E-state index contributed by atoms with van der Waals surface area (Å²) >= 11 is 5.66. The summed E-state index contributed by atoms with van der Waals surface area (Å²) in [7, 11) is 0. The van der Waals surface area contributed by atoms with E-state index in [2.05, 4.69) is 15.5 Å². The summed E-state index contributed by atoms with van der Waals surface area (Å²) in [5.41, 5.74) is 3.15. The standard InChI is InChI=1S/C22H16ClN3O4/c23-21(27)17-10-5-9-16-19(26-30-20(16)17)15-8-2-1-7-14(15)18(25-22(28)29)12-13-6-3-4-11-24-13/h1-11,18,25H,12H2,(H,28,29)/t18-/m0/s1. The van der Waals surface area contributed by atoms with Gasteiger partial charge in [-0.05, 0) is 41.4 Å². The summed E-state index contributed by atoms with van der Waals surface area (Å²) in [5, 5.41) is 16.1. The number of nitrogens with zero attached hydrogens (tertiary/aromatic N) is 2. The maximum absolute atomic E-state index is 11.7. The Labute approximate surface area is 176 Å². The molecule has 8 heteroatoms. The molecule has 150 valence electrons. The third-order valence-corrected chi connectivity index (χ3v) is 4.94. The van der Waals surface area contributed by atoms with Crippen LogP contribution in [-0.2, 0) is 6.42 Å². The predicted octanol–water partition coefficient (Wildman–Crippen LogP) is 4.82. The van der Waals surface area contributed by atoms with Gasteiger partial charge in [0.05, 0.1) is 17.0 Å². The van der Waals surface area contributed by atoms with Gasteiger partial charge in [0.15, 0.2) is 5.58 Å². The Morgan fingerprint density at radius 2 is 1.87 bits per heavy atom. The second kappa shape index (κ2) is 8.34. The van der Waals surface area contributed by atoms with Crippen molar-refractivity contribution in [3.05, 3.63) is 83.7 Å². The van der Waals surface area contributed by atoms with Crippen LogP contribution in [-0.4, -0.2) is 26.6 Å². The van der Waals surface area contributed by atoms with Crippen LogP contribution in [0, 0.1) is 0 Å². The number of nitrogens with one attached hydrogen (secondary N) is 1. The van der Waals surface area contributed by atoms with Crippen molar-refractivity contribution in [2.45, 2.75) is 12.5 Å². The van der Waals surface area contributed by atoms with Crippen LogP contribution in [0.2, 0.25) is 0 Å². The van der Waals surface area contributed by atoms with Gasteiger partial charge in [-0.25, -0.2) is 4.79 Å². The van der Waals surface area contributed by atoms with Crippen LogP contribution < -0.4 is 5.32 Å². The fourth-order valence-electron chi connectivity index (χ4n) is 3.44. The molecule has 2 heterocycles. The summed E-state index contributed by atoms with van der Waals surface area (Å²) in [6.45, 7) is 0. The van der Waals surface area contributed by atoms with Crippen LogP contribution in [0.1, 0.15) is 27.7 Å². The first kappa shape index (κ1) is 19.6. The van der Waals surface area contributed by atoms with Gasteiger partial charge in [-0.2, -0.15) is 0 Å². The summed E-state index contributed by atoms with van der Waals surface area (Å²) < 4.78 is 5.43. The van der Waals surface area contributed by atoms with E-state index in [0.29, 0.717) is 28.6 Å². The minimum atomic E-state index is -1.15. The smallest absolute Gasteiger partial charge is 0.405 e. The van der Waals surface area contributed by atoms with Crippen molar-refractivity contribution in [1.82, 2.24) is 15.5 Å². The van der Waals surface area contributed by atoms with Crippen LogP contribution in [0.5, 0.6) is 0 Å². The molecule has 0 aliphatic carbocycles. The number of amides is 1. The molecule has 2 aromatic heterocycles. The van der Waals surface area contributed by atoms with Gasteiger partial charge < -0.3 is 14.9 Å². The van der Waals surface area contributed by atoms with Crippen molar-refractivity contribution in [2.75, 3.05) is 0 Å². The molecule has 0 fully saturated rings. The first-order valence-electron chi connectivity index (χ1n) is 9.11. The quantitative estimate of drug-likeness (QED) is 0.432. The fourth-order valence-corrected chi connectivity index (χ4v) is 3.59. The van der Waals surface area contributed by atoms with Crippen molar-refractivity contribution >= 4 is 33.9 Å². The minimum Gasteiger partial charge on any atom is -0.465 e. The second-order valence-electron chi connectivity index (χ2n) is 6.60. The Hall–Kier alpha value is -3.71. The Kier molecular flexibility index (Phi) is 5.45. The Morgan fingerprint density at radius 3 is 2.60 bits per heavy atom. The number of rotatable bonds is 6. The van der Waals surface area contributed by atoms with Crippen molar-refractivity contribution in [3.8, 4) is 11.3 Å². The highest BCUT2D eigenvalue weighted by Crippen LogP contribution is 2.35. The number of carbonyl (C=O) groups excluding carboxylic acids is 1. The van der Waals surface area contributed by atoms with Crippen LogP contribution in [0.3, 0.4) is 0 Å². The van der Waals surface area contributed by atoms with E-state index in [1.807, 2.05) is 36.4 Å². The predicted molar refractivity (Wildman–Crippen MR) is 111 cm³/mol. The Balaban J connectivity index is 1.83. The van der Waals surface area contributed by atoms with Gasteiger partial charge in [0.25, 0.3) is 5.24 Å². The Bertz CT molecular complexity index is 1220. The van der Waals surface area contributed by atoms with E-state index in [9.17, 15) is 14.7 Å². The second-order valence-corrected chi connectivity index (χ2v) is 6.94. The van der Waals surface area contributed by atoms with Gasteiger partial charge in [-0.15, -0.1) is 0 Å². The number of carboxylic acid groups (broad SMARTS) is 1. The number of hydrogen-bond donors (Lipinski definition) is 2. The highest BCUT2D eigenvalue weighted by molar-refractivity contribution is 6.68. The van der Waals surface area contributed by atoms with E-state index < -0.39 is 17.4 Å². The maximum atomic E-state index is 11.7. The lowest BCUT2D eigenvalue weighted by Gasteiger charge is -2.20. The van der Waals surface area contributed by atoms with Gasteiger partial charge in [-0.3, -0.25) is 9.78 Å². The van der Waals surface area contributed by atoms with Crippen molar-refractivity contribution in [2.24, 2.45) is 0 Å². The van der Waals surface area contributed by atoms with Gasteiger partial charge in [0, 0.05) is 23.9 Å². The van der Waals surface area contributed by atoms with E-state index in [1.54, 1.807) is 30.5 Å². The molecule has 0 bridgehead atoms. The fraction of sp³-hybridized carbons (Fsp3) is 0.0909. The SMILES string of the molecule is O=C(O)N[C@@H](Cc1ccccn1)c1ccccc1-c1noc2c(C(=O)Cl)cccc12. The zero-order chi connectivity index (χ0) is 21.1. The normalized spacial score (nSPS) is 11.9. The van der Waals surface area contributed by atoms with Crippen molar-refractivity contribution < 1.29 is 19.2 Å². The lowest BCUT2D eigenvalue weighted by Crippen LogP contribution is -2.29. The molecule has 7 nitrogen and oxygen atoms in total. The van der Waals surface area contributed by atoms with Crippen LogP contribution in [0.15, 0.2) is 71.4 Å². The molecule has 4 rings (SSSR count). The van der Waals surface area contributed by atoms with Crippen molar-refractivity contribution in [3.63, 3.8) is 0 Å². The van der Waals surface area contributed by atoms with E-state index in [4.69, 9.17) is 16.1 Å². The van der Waals surface area contributed by atoms with E-state index in [0.717, 1.165) is 5.69 Å². The molecule has 1 atom stereocenters. The molecule has 0 aliphatic heterocycles. The third kappa shape index (κ3) is 3.88. The molecule has 30 heavy (non-hydrogen) atoms. The average molecular weight is 422 g/mol. The number of halogens is 1. The van der Waals surface area contributed by atoms with Gasteiger partial charge >= 0.3 is 6.09 Å². The topological polar surface area (TPSA) is 105 Å². The number of hydrogen-bond acceptors (Lipinski definition) is 5. The molecule has 0 spiro atoms. The van der Waals surface area contributed by atoms with Gasteiger partial charge in [-0.1, -0.05) is 41.6 Å². The molecular weight excluding hydrogens is 406 g/mol. The van der Waals surface area contributed by atoms with Crippen molar-refractivity contribution in [1.29, 1.82) is 0 Å². The lowest BCUT2D eigenvalue weighted by atomic mass is 9.93. The molecule has 0 saturated carbocycles. The summed E-state index contributed by atoms with van der Waals surface area (Å²) in [4.78, 5) is 27.5. The molecule has 0 aliphatic rings. The average Bonchev–Trinajstić information content (AvgIpc) is 3.17. The molecule has 0 radical (unpaired) electrons. The zero-order valence-corrected chi connectivity index (χ0v) is 16.3. The van der Waals surface area contributed by atoms with Gasteiger partial charge in [0.1, 0.15) is 5.69 Å². The Morgan fingerprint density at radius 1 is 1.07 bits per heavy atom. The maximum Gasteiger partial charge on any atom is 0.405 e. The number of aromatic nitrogens is 2.